The Morgan fingerprint density at radius 2 is 1.84 bits per heavy atom. The lowest BCUT2D eigenvalue weighted by molar-refractivity contribution is -0.0777. The minimum absolute atomic E-state index is 0.122. The van der Waals surface area contributed by atoms with Crippen LogP contribution in [0, 0.1) is 6.92 Å². The molecule has 0 saturated carbocycles. The number of ether oxygens (including phenoxy) is 1. The first kappa shape index (κ1) is 14.5. The second kappa shape index (κ2) is 5.22. The molecule has 0 bridgehead atoms. The van der Waals surface area contributed by atoms with Gasteiger partial charge in [-0.3, -0.25) is 0 Å². The number of benzene rings is 1. The van der Waals surface area contributed by atoms with Crippen molar-refractivity contribution in [2.75, 3.05) is 18.8 Å². The summed E-state index contributed by atoms with van der Waals surface area (Å²) in [5.74, 6) is 0. The molecule has 1 aliphatic rings. The van der Waals surface area contributed by atoms with Crippen molar-refractivity contribution in [3.8, 4) is 0 Å². The van der Waals surface area contributed by atoms with Gasteiger partial charge >= 0.3 is 0 Å². The van der Waals surface area contributed by atoms with Crippen molar-refractivity contribution in [2.24, 2.45) is 0 Å². The van der Waals surface area contributed by atoms with Crippen LogP contribution in [0.5, 0.6) is 0 Å². The van der Waals surface area contributed by atoms with Gasteiger partial charge in [0, 0.05) is 18.8 Å². The zero-order chi connectivity index (χ0) is 14.2. The summed E-state index contributed by atoms with van der Waals surface area (Å²) in [6, 6.07) is 5.69. The lowest BCUT2D eigenvalue weighted by Gasteiger charge is -2.47. The second-order valence-electron chi connectivity index (χ2n) is 5.51. The predicted molar refractivity (Wildman–Crippen MR) is 80.4 cm³/mol. The van der Waals surface area contributed by atoms with Crippen LogP contribution >= 0.6 is 0 Å². The number of anilines is 1. The molecular formula is C14H20B2N2O. The third kappa shape index (κ3) is 2.82. The molecule has 19 heavy (non-hydrogen) atoms. The summed E-state index contributed by atoms with van der Waals surface area (Å²) in [5, 5.41) is -1.02. The molecule has 1 aromatic carbocycles. The number of nitrogens with zero attached hydrogens (tertiary/aromatic N) is 1. The molecule has 1 saturated heterocycles. The molecule has 2 unspecified atom stereocenters. The molecule has 0 spiro atoms. The Kier molecular flexibility index (Phi) is 3.97. The van der Waals surface area contributed by atoms with E-state index in [0.29, 0.717) is 18.8 Å². The third-order valence-electron chi connectivity index (χ3n) is 3.75. The van der Waals surface area contributed by atoms with E-state index in [1.165, 1.54) is 0 Å². The molecule has 1 fully saturated rings. The summed E-state index contributed by atoms with van der Waals surface area (Å²) in [6.07, 6.45) is 0.244. The quantitative estimate of drug-likeness (QED) is 0.635. The summed E-state index contributed by atoms with van der Waals surface area (Å²) in [5.41, 5.74) is 8.48. The minimum atomic E-state index is -1.02. The van der Waals surface area contributed by atoms with E-state index in [1.807, 2.05) is 39.0 Å². The molecule has 4 radical (unpaired) electrons. The van der Waals surface area contributed by atoms with Crippen molar-refractivity contribution in [3.05, 3.63) is 29.3 Å². The first-order valence-corrected chi connectivity index (χ1v) is 6.66. The van der Waals surface area contributed by atoms with E-state index >= 15 is 0 Å². The minimum Gasteiger partial charge on any atom is -0.399 e. The fraction of sp³-hybridized carbons (Fsp3) is 0.571. The van der Waals surface area contributed by atoms with Gasteiger partial charge in [-0.2, -0.15) is 0 Å². The van der Waals surface area contributed by atoms with Gasteiger partial charge in [0.25, 0.3) is 0 Å². The molecule has 2 atom stereocenters. The lowest BCUT2D eigenvalue weighted by Crippen LogP contribution is -2.56. The summed E-state index contributed by atoms with van der Waals surface area (Å²) < 4.78 is 5.72. The van der Waals surface area contributed by atoms with Crippen molar-refractivity contribution >= 4 is 21.4 Å². The van der Waals surface area contributed by atoms with Gasteiger partial charge in [0.15, 0.2) is 0 Å². The van der Waals surface area contributed by atoms with Gasteiger partial charge in [-0.25, -0.2) is 0 Å². The molecule has 1 heterocycles. The molecule has 1 aromatic rings. The molecule has 0 aromatic heterocycles. The highest BCUT2D eigenvalue weighted by molar-refractivity contribution is 6.39. The van der Waals surface area contributed by atoms with Gasteiger partial charge in [-0.05, 0) is 43.3 Å². The smallest absolute Gasteiger partial charge is 0.0887 e. The molecule has 0 aliphatic carbocycles. The summed E-state index contributed by atoms with van der Waals surface area (Å²) in [4.78, 5) is 2.06. The number of nitrogens with two attached hydrogens (primary N) is 1. The zero-order valence-corrected chi connectivity index (χ0v) is 11.9. The average Bonchev–Trinajstić information content (AvgIpc) is 2.31. The van der Waals surface area contributed by atoms with Gasteiger partial charge in [-0.1, -0.05) is 12.1 Å². The number of morpholine rings is 1. The van der Waals surface area contributed by atoms with Gasteiger partial charge in [0.2, 0.25) is 0 Å². The van der Waals surface area contributed by atoms with Crippen LogP contribution in [0.1, 0.15) is 25.0 Å². The Labute approximate surface area is 118 Å². The van der Waals surface area contributed by atoms with Crippen LogP contribution < -0.4 is 5.73 Å². The Bertz CT molecular complexity index is 455. The highest BCUT2D eigenvalue weighted by Crippen LogP contribution is 2.30. The van der Waals surface area contributed by atoms with E-state index in [4.69, 9.17) is 26.2 Å². The number of hydrogen-bond acceptors (Lipinski definition) is 3. The standard InChI is InChI=1S/C14H20B2N2O/c1-9-7-18(8-10(2)19-9)14(15,16)12-5-4-6-13(17)11(12)3/h4-6,9-10H,7-8,17H2,1-3H3. The molecule has 0 amide bonds. The van der Waals surface area contributed by atoms with Crippen molar-refractivity contribution in [1.82, 2.24) is 4.90 Å². The summed E-state index contributed by atoms with van der Waals surface area (Å²) in [7, 11) is 12.8. The molecule has 98 valence electrons. The van der Waals surface area contributed by atoms with Crippen molar-refractivity contribution < 1.29 is 4.74 Å². The maximum absolute atomic E-state index is 6.40. The van der Waals surface area contributed by atoms with Gasteiger partial charge in [0.05, 0.1) is 27.9 Å². The van der Waals surface area contributed by atoms with Crippen LogP contribution in [-0.4, -0.2) is 45.9 Å². The molecule has 2 rings (SSSR count). The Hall–Kier alpha value is -0.930. The van der Waals surface area contributed by atoms with Crippen molar-refractivity contribution in [3.63, 3.8) is 0 Å². The fourth-order valence-corrected chi connectivity index (χ4v) is 2.74. The van der Waals surface area contributed by atoms with E-state index < -0.39 is 5.34 Å². The Morgan fingerprint density at radius 3 is 2.42 bits per heavy atom. The predicted octanol–water partition coefficient (Wildman–Crippen LogP) is 1.13. The van der Waals surface area contributed by atoms with E-state index in [1.54, 1.807) is 0 Å². The Balaban J connectivity index is 2.33. The van der Waals surface area contributed by atoms with Crippen LogP contribution in [-0.2, 0) is 10.1 Å². The second-order valence-corrected chi connectivity index (χ2v) is 5.51. The zero-order valence-electron chi connectivity index (χ0n) is 11.9. The number of hydrogen-bond donors (Lipinski definition) is 1. The van der Waals surface area contributed by atoms with Gasteiger partial charge in [0.1, 0.15) is 0 Å². The van der Waals surface area contributed by atoms with Crippen LogP contribution in [0.2, 0.25) is 0 Å². The molecular weight excluding hydrogens is 234 g/mol. The van der Waals surface area contributed by atoms with E-state index in [-0.39, 0.29) is 12.2 Å². The van der Waals surface area contributed by atoms with E-state index in [2.05, 4.69) is 4.90 Å². The lowest BCUT2D eigenvalue weighted by atomic mass is 9.55. The van der Waals surface area contributed by atoms with E-state index in [9.17, 15) is 0 Å². The topological polar surface area (TPSA) is 38.5 Å². The van der Waals surface area contributed by atoms with Crippen molar-refractivity contribution in [2.45, 2.75) is 38.3 Å². The fourth-order valence-electron chi connectivity index (χ4n) is 2.74. The maximum Gasteiger partial charge on any atom is 0.0887 e. The van der Waals surface area contributed by atoms with Gasteiger partial charge in [-0.15, -0.1) is 0 Å². The normalized spacial score (nSPS) is 25.4. The molecule has 2 N–H and O–H groups in total. The van der Waals surface area contributed by atoms with Gasteiger partial charge < -0.3 is 15.4 Å². The van der Waals surface area contributed by atoms with Crippen LogP contribution in [0.4, 0.5) is 5.69 Å². The monoisotopic (exact) mass is 254 g/mol. The van der Waals surface area contributed by atoms with Crippen molar-refractivity contribution in [1.29, 1.82) is 0 Å². The highest BCUT2D eigenvalue weighted by atomic mass is 16.5. The Morgan fingerprint density at radius 1 is 1.26 bits per heavy atom. The molecule has 3 nitrogen and oxygen atoms in total. The average molecular weight is 254 g/mol. The first-order chi connectivity index (χ1) is 8.82. The maximum atomic E-state index is 6.40. The van der Waals surface area contributed by atoms with Crippen LogP contribution in [0.25, 0.3) is 0 Å². The molecule has 5 heteroatoms. The summed E-state index contributed by atoms with van der Waals surface area (Å²) >= 11 is 0. The third-order valence-corrected chi connectivity index (χ3v) is 3.75. The van der Waals surface area contributed by atoms with Crippen LogP contribution in [0.15, 0.2) is 18.2 Å². The van der Waals surface area contributed by atoms with E-state index in [0.717, 1.165) is 11.1 Å². The molecule has 1 aliphatic heterocycles. The SMILES string of the molecule is [B]C([B])(c1cccc(N)c1C)N1CC(C)OC(C)C1. The summed E-state index contributed by atoms with van der Waals surface area (Å²) in [6.45, 7) is 7.44. The number of rotatable bonds is 2. The largest absolute Gasteiger partial charge is 0.399 e. The number of nitrogen functional groups attached to an aromatic ring is 1. The first-order valence-electron chi connectivity index (χ1n) is 6.66. The van der Waals surface area contributed by atoms with Crippen LogP contribution in [0.3, 0.4) is 0 Å². The highest BCUT2D eigenvalue weighted by Gasteiger charge is 2.34.